The highest BCUT2D eigenvalue weighted by atomic mass is 35.5. The number of rotatable bonds is 1. The van der Waals surface area contributed by atoms with Crippen LogP contribution in [-0.4, -0.2) is 10.1 Å². The van der Waals surface area contributed by atoms with E-state index < -0.39 is 0 Å². The number of aromatic nitrogens is 1. The second kappa shape index (κ2) is 3.87. The molecule has 1 N–H and O–H groups in total. The van der Waals surface area contributed by atoms with Crippen molar-refractivity contribution < 1.29 is 9.50 Å². The van der Waals surface area contributed by atoms with Crippen molar-refractivity contribution in [2.75, 3.05) is 0 Å². The minimum atomic E-state index is -0.372. The topological polar surface area (TPSA) is 33.1 Å². The number of halogens is 2. The first-order chi connectivity index (χ1) is 7.16. The Balaban J connectivity index is 2.54. The van der Waals surface area contributed by atoms with Crippen LogP contribution < -0.4 is 0 Å². The average Bonchev–Trinajstić information content (AvgIpc) is 2.17. The molecule has 76 valence electrons. The van der Waals surface area contributed by atoms with Gasteiger partial charge in [-0.1, -0.05) is 23.7 Å². The lowest BCUT2D eigenvalue weighted by atomic mass is 10.1. The van der Waals surface area contributed by atoms with Crippen LogP contribution in [0.15, 0.2) is 36.5 Å². The van der Waals surface area contributed by atoms with Gasteiger partial charge in [0.15, 0.2) is 0 Å². The van der Waals surface area contributed by atoms with Gasteiger partial charge >= 0.3 is 0 Å². The van der Waals surface area contributed by atoms with Crippen LogP contribution in [-0.2, 0) is 0 Å². The van der Waals surface area contributed by atoms with Crippen molar-refractivity contribution in [2.45, 2.75) is 0 Å². The van der Waals surface area contributed by atoms with Crippen LogP contribution in [0.2, 0.25) is 5.02 Å². The zero-order valence-electron chi connectivity index (χ0n) is 7.61. The Morgan fingerprint density at radius 2 is 2.07 bits per heavy atom. The van der Waals surface area contributed by atoms with Crippen molar-refractivity contribution in [3.8, 4) is 17.0 Å². The van der Waals surface area contributed by atoms with Gasteiger partial charge in [0.25, 0.3) is 0 Å². The third kappa shape index (κ3) is 2.07. The minimum absolute atomic E-state index is 0.0619. The fourth-order valence-electron chi connectivity index (χ4n) is 1.29. The second-order valence-corrected chi connectivity index (χ2v) is 3.47. The summed E-state index contributed by atoms with van der Waals surface area (Å²) in [5.74, 6) is -0.434. The zero-order chi connectivity index (χ0) is 10.8. The maximum absolute atomic E-state index is 12.9. The summed E-state index contributed by atoms with van der Waals surface area (Å²) < 4.78 is 12.9. The molecular weight excluding hydrogens is 217 g/mol. The Kier molecular flexibility index (Phi) is 2.56. The Morgan fingerprint density at radius 1 is 1.27 bits per heavy atom. The largest absolute Gasteiger partial charge is 0.506 e. The molecule has 1 heterocycles. The SMILES string of the molecule is Oc1cc(Cl)cnc1-c1cccc(F)c1. The van der Waals surface area contributed by atoms with Gasteiger partial charge < -0.3 is 5.11 Å². The smallest absolute Gasteiger partial charge is 0.143 e. The van der Waals surface area contributed by atoms with Gasteiger partial charge in [0.2, 0.25) is 0 Å². The third-order valence-electron chi connectivity index (χ3n) is 1.93. The molecule has 0 fully saturated rings. The van der Waals surface area contributed by atoms with E-state index in [1.807, 2.05) is 0 Å². The normalized spacial score (nSPS) is 10.3. The lowest BCUT2D eigenvalue weighted by Gasteiger charge is -2.03. The van der Waals surface area contributed by atoms with E-state index in [1.165, 1.54) is 24.4 Å². The molecule has 0 aliphatic rings. The lowest BCUT2D eigenvalue weighted by molar-refractivity contribution is 0.475. The molecule has 0 aliphatic carbocycles. The van der Waals surface area contributed by atoms with E-state index in [9.17, 15) is 9.50 Å². The van der Waals surface area contributed by atoms with Gasteiger partial charge in [-0.05, 0) is 12.1 Å². The summed E-state index contributed by atoms with van der Waals surface area (Å²) in [7, 11) is 0. The third-order valence-corrected chi connectivity index (χ3v) is 2.14. The van der Waals surface area contributed by atoms with Gasteiger partial charge in [-0.2, -0.15) is 0 Å². The van der Waals surface area contributed by atoms with E-state index >= 15 is 0 Å². The van der Waals surface area contributed by atoms with Crippen molar-refractivity contribution in [1.29, 1.82) is 0 Å². The summed E-state index contributed by atoms with van der Waals surface area (Å²) in [5, 5.41) is 9.91. The Morgan fingerprint density at radius 3 is 2.73 bits per heavy atom. The molecule has 0 saturated heterocycles. The maximum atomic E-state index is 12.9. The van der Waals surface area contributed by atoms with Crippen molar-refractivity contribution in [3.05, 3.63) is 47.4 Å². The fourth-order valence-corrected chi connectivity index (χ4v) is 1.44. The second-order valence-electron chi connectivity index (χ2n) is 3.03. The monoisotopic (exact) mass is 223 g/mol. The molecule has 2 aromatic rings. The first kappa shape index (κ1) is 9.93. The molecule has 4 heteroatoms. The molecule has 1 aromatic carbocycles. The minimum Gasteiger partial charge on any atom is -0.506 e. The van der Waals surface area contributed by atoms with Gasteiger partial charge in [-0.25, -0.2) is 4.39 Å². The highest BCUT2D eigenvalue weighted by Crippen LogP contribution is 2.28. The van der Waals surface area contributed by atoms with Crippen molar-refractivity contribution in [3.63, 3.8) is 0 Å². The molecule has 0 saturated carbocycles. The lowest BCUT2D eigenvalue weighted by Crippen LogP contribution is -1.85. The molecule has 0 amide bonds. The Hall–Kier alpha value is -1.61. The van der Waals surface area contributed by atoms with Gasteiger partial charge in [-0.3, -0.25) is 4.98 Å². The summed E-state index contributed by atoms with van der Waals surface area (Å²) in [6, 6.07) is 7.22. The molecule has 1 aromatic heterocycles. The van der Waals surface area contributed by atoms with Crippen LogP contribution in [0.1, 0.15) is 0 Å². The average molecular weight is 224 g/mol. The van der Waals surface area contributed by atoms with Crippen molar-refractivity contribution in [2.24, 2.45) is 0 Å². The highest BCUT2D eigenvalue weighted by Gasteiger charge is 2.06. The summed E-state index contributed by atoms with van der Waals surface area (Å²) in [6.45, 7) is 0. The quantitative estimate of drug-likeness (QED) is 0.805. The number of nitrogens with zero attached hydrogens (tertiary/aromatic N) is 1. The van der Waals surface area contributed by atoms with Gasteiger partial charge in [0.05, 0.1) is 5.02 Å². The summed E-state index contributed by atoms with van der Waals surface area (Å²) >= 11 is 5.64. The first-order valence-electron chi connectivity index (χ1n) is 4.27. The number of hydrogen-bond acceptors (Lipinski definition) is 2. The molecule has 0 spiro atoms. The highest BCUT2D eigenvalue weighted by molar-refractivity contribution is 6.30. The molecule has 0 atom stereocenters. The molecule has 2 rings (SSSR count). The number of benzene rings is 1. The molecule has 0 radical (unpaired) electrons. The molecule has 0 aliphatic heterocycles. The predicted molar refractivity (Wildman–Crippen MR) is 56.3 cm³/mol. The fraction of sp³-hybridized carbons (Fsp3) is 0. The zero-order valence-corrected chi connectivity index (χ0v) is 8.37. The van der Waals surface area contributed by atoms with Crippen molar-refractivity contribution >= 4 is 11.6 Å². The Labute approximate surface area is 91.0 Å². The number of pyridine rings is 1. The summed E-state index contributed by atoms with van der Waals surface area (Å²) in [4.78, 5) is 3.94. The molecular formula is C11H7ClFNO. The molecule has 2 nitrogen and oxygen atoms in total. The summed E-state index contributed by atoms with van der Waals surface area (Å²) in [6.07, 6.45) is 1.40. The number of hydrogen-bond donors (Lipinski definition) is 1. The predicted octanol–water partition coefficient (Wildman–Crippen LogP) is 3.25. The standard InChI is InChI=1S/C11H7ClFNO/c12-8-5-10(15)11(14-6-8)7-2-1-3-9(13)4-7/h1-6,15H. The van der Waals surface area contributed by atoms with E-state index in [0.29, 0.717) is 16.3 Å². The van der Waals surface area contributed by atoms with Gasteiger partial charge in [0, 0.05) is 17.8 Å². The van der Waals surface area contributed by atoms with Gasteiger partial charge in [0.1, 0.15) is 17.3 Å². The van der Waals surface area contributed by atoms with Crippen LogP contribution >= 0.6 is 11.6 Å². The van der Waals surface area contributed by atoms with E-state index in [0.717, 1.165) is 0 Å². The van der Waals surface area contributed by atoms with Gasteiger partial charge in [-0.15, -0.1) is 0 Å². The molecule has 0 unspecified atom stereocenters. The van der Waals surface area contributed by atoms with E-state index in [1.54, 1.807) is 12.1 Å². The maximum Gasteiger partial charge on any atom is 0.143 e. The van der Waals surface area contributed by atoms with E-state index in [-0.39, 0.29) is 11.6 Å². The first-order valence-corrected chi connectivity index (χ1v) is 4.65. The molecule has 0 bridgehead atoms. The Bertz CT molecular complexity index is 502. The van der Waals surface area contributed by atoms with Crippen molar-refractivity contribution in [1.82, 2.24) is 4.98 Å². The van der Waals surface area contributed by atoms with Crippen LogP contribution in [0.3, 0.4) is 0 Å². The van der Waals surface area contributed by atoms with Crippen LogP contribution in [0.5, 0.6) is 5.75 Å². The summed E-state index contributed by atoms with van der Waals surface area (Å²) in [5.41, 5.74) is 0.836. The molecule has 15 heavy (non-hydrogen) atoms. The van der Waals surface area contributed by atoms with Crippen LogP contribution in [0, 0.1) is 5.82 Å². The van der Waals surface area contributed by atoms with Crippen LogP contribution in [0.25, 0.3) is 11.3 Å². The van der Waals surface area contributed by atoms with E-state index in [2.05, 4.69) is 4.98 Å². The number of aromatic hydroxyl groups is 1. The van der Waals surface area contributed by atoms with E-state index in [4.69, 9.17) is 11.6 Å². The van der Waals surface area contributed by atoms with Crippen LogP contribution in [0.4, 0.5) is 4.39 Å².